The Morgan fingerprint density at radius 1 is 1.32 bits per heavy atom. The van der Waals surface area contributed by atoms with Crippen molar-refractivity contribution in [2.24, 2.45) is 0 Å². The van der Waals surface area contributed by atoms with Crippen LogP contribution in [-0.2, 0) is 16.1 Å². The summed E-state index contributed by atoms with van der Waals surface area (Å²) in [7, 11) is 0. The highest BCUT2D eigenvalue weighted by atomic mass is 16.5. The fourth-order valence-electron chi connectivity index (χ4n) is 2.21. The fourth-order valence-corrected chi connectivity index (χ4v) is 2.21. The SMILES string of the molecule is Cc1nn(CC(=O)COC(C)(C)C)c(C)c1C(C)C. The Hall–Kier alpha value is -1.16. The maximum absolute atomic E-state index is 11.9. The van der Waals surface area contributed by atoms with Crippen LogP contribution < -0.4 is 0 Å². The van der Waals surface area contributed by atoms with Crippen molar-refractivity contribution in [2.45, 2.75) is 66.5 Å². The minimum absolute atomic E-state index is 0.0517. The van der Waals surface area contributed by atoms with Gasteiger partial charge in [-0.3, -0.25) is 9.48 Å². The van der Waals surface area contributed by atoms with Crippen molar-refractivity contribution >= 4 is 5.78 Å². The van der Waals surface area contributed by atoms with Gasteiger partial charge >= 0.3 is 0 Å². The zero-order valence-corrected chi connectivity index (χ0v) is 13.2. The monoisotopic (exact) mass is 266 g/mol. The lowest BCUT2D eigenvalue weighted by Gasteiger charge is -2.18. The van der Waals surface area contributed by atoms with E-state index in [0.717, 1.165) is 11.4 Å². The van der Waals surface area contributed by atoms with Crippen LogP contribution in [0.3, 0.4) is 0 Å². The Labute approximate surface area is 116 Å². The van der Waals surface area contributed by atoms with Crippen molar-refractivity contribution in [1.82, 2.24) is 9.78 Å². The smallest absolute Gasteiger partial charge is 0.179 e. The summed E-state index contributed by atoms with van der Waals surface area (Å²) in [5.41, 5.74) is 3.05. The zero-order valence-electron chi connectivity index (χ0n) is 13.2. The number of ether oxygens (including phenoxy) is 1. The van der Waals surface area contributed by atoms with E-state index in [1.807, 2.05) is 34.6 Å². The molecule has 19 heavy (non-hydrogen) atoms. The van der Waals surface area contributed by atoms with Gasteiger partial charge in [0.15, 0.2) is 5.78 Å². The standard InChI is InChI=1S/C15H26N2O2/c1-10(2)14-11(3)16-17(12(14)4)8-13(18)9-19-15(5,6)7/h10H,8-9H2,1-7H3. The van der Waals surface area contributed by atoms with Gasteiger partial charge in [0.25, 0.3) is 0 Å². The van der Waals surface area contributed by atoms with E-state index in [0.29, 0.717) is 5.92 Å². The van der Waals surface area contributed by atoms with Crippen LogP contribution >= 0.6 is 0 Å². The molecule has 0 bridgehead atoms. The van der Waals surface area contributed by atoms with Crippen LogP contribution in [0.2, 0.25) is 0 Å². The molecule has 1 rings (SSSR count). The number of Topliss-reactive ketones (excluding diaryl/α,β-unsaturated/α-hetero) is 1. The predicted molar refractivity (Wildman–Crippen MR) is 76.5 cm³/mol. The summed E-state index contributed by atoms with van der Waals surface area (Å²) in [4.78, 5) is 11.9. The molecular weight excluding hydrogens is 240 g/mol. The lowest BCUT2D eigenvalue weighted by Crippen LogP contribution is -2.26. The number of nitrogens with zero attached hydrogens (tertiary/aromatic N) is 2. The third-order valence-electron chi connectivity index (χ3n) is 3.01. The molecule has 0 saturated carbocycles. The quantitative estimate of drug-likeness (QED) is 0.823. The summed E-state index contributed by atoms with van der Waals surface area (Å²) in [5.74, 6) is 0.477. The van der Waals surface area contributed by atoms with Crippen molar-refractivity contribution in [3.63, 3.8) is 0 Å². The topological polar surface area (TPSA) is 44.1 Å². The number of hydrogen-bond donors (Lipinski definition) is 0. The van der Waals surface area contributed by atoms with Crippen molar-refractivity contribution in [2.75, 3.05) is 6.61 Å². The highest BCUT2D eigenvalue weighted by molar-refractivity contribution is 5.79. The van der Waals surface area contributed by atoms with E-state index < -0.39 is 0 Å². The van der Waals surface area contributed by atoms with Crippen LogP contribution in [0.5, 0.6) is 0 Å². The second kappa shape index (κ2) is 5.87. The highest BCUT2D eigenvalue weighted by Crippen LogP contribution is 2.22. The molecule has 1 heterocycles. The first-order valence-electron chi connectivity index (χ1n) is 6.81. The van der Waals surface area contributed by atoms with Crippen LogP contribution in [-0.4, -0.2) is 27.8 Å². The molecule has 0 amide bonds. The number of aryl methyl sites for hydroxylation is 1. The van der Waals surface area contributed by atoms with Crippen LogP contribution in [0.4, 0.5) is 0 Å². The van der Waals surface area contributed by atoms with Crippen LogP contribution in [0.15, 0.2) is 0 Å². The van der Waals surface area contributed by atoms with Gasteiger partial charge in [0, 0.05) is 5.69 Å². The first kappa shape index (κ1) is 15.9. The molecule has 108 valence electrons. The molecule has 0 aliphatic rings. The van der Waals surface area contributed by atoms with E-state index >= 15 is 0 Å². The van der Waals surface area contributed by atoms with Gasteiger partial charge in [-0.15, -0.1) is 0 Å². The Kier molecular flexibility index (Phi) is 4.91. The average molecular weight is 266 g/mol. The van der Waals surface area contributed by atoms with E-state index in [9.17, 15) is 4.79 Å². The third-order valence-corrected chi connectivity index (χ3v) is 3.01. The summed E-state index contributed by atoms with van der Waals surface area (Å²) in [6.07, 6.45) is 0. The summed E-state index contributed by atoms with van der Waals surface area (Å²) in [6, 6.07) is 0. The van der Waals surface area contributed by atoms with Crippen LogP contribution in [0, 0.1) is 13.8 Å². The van der Waals surface area contributed by atoms with Crippen LogP contribution in [0.25, 0.3) is 0 Å². The van der Waals surface area contributed by atoms with Gasteiger partial charge in [-0.1, -0.05) is 13.8 Å². The summed E-state index contributed by atoms with van der Waals surface area (Å²) in [5, 5.41) is 4.46. The molecular formula is C15H26N2O2. The van der Waals surface area contributed by atoms with Gasteiger partial charge in [-0.2, -0.15) is 5.10 Å². The number of carbonyl (C=O) groups excluding carboxylic acids is 1. The van der Waals surface area contributed by atoms with Crippen molar-refractivity contribution < 1.29 is 9.53 Å². The van der Waals surface area contributed by atoms with Crippen LogP contribution in [0.1, 0.15) is 57.5 Å². The minimum atomic E-state index is -0.284. The molecule has 0 saturated heterocycles. The van der Waals surface area contributed by atoms with Gasteiger partial charge in [-0.05, 0) is 46.1 Å². The van der Waals surface area contributed by atoms with E-state index in [2.05, 4.69) is 18.9 Å². The molecule has 0 aromatic carbocycles. The molecule has 0 atom stereocenters. The number of hydrogen-bond acceptors (Lipinski definition) is 3. The van der Waals surface area contributed by atoms with Gasteiger partial charge in [0.2, 0.25) is 0 Å². The van der Waals surface area contributed by atoms with Crippen molar-refractivity contribution in [3.8, 4) is 0 Å². The summed E-state index contributed by atoms with van der Waals surface area (Å²) < 4.78 is 7.29. The second-order valence-electron chi connectivity index (χ2n) is 6.34. The zero-order chi connectivity index (χ0) is 14.8. The lowest BCUT2D eigenvalue weighted by molar-refractivity contribution is -0.129. The van der Waals surface area contributed by atoms with Gasteiger partial charge in [0.05, 0.1) is 11.3 Å². The first-order chi connectivity index (χ1) is 8.61. The maximum atomic E-state index is 11.9. The molecule has 1 aromatic rings. The Morgan fingerprint density at radius 3 is 2.32 bits per heavy atom. The maximum Gasteiger partial charge on any atom is 0.179 e. The minimum Gasteiger partial charge on any atom is -0.368 e. The Bertz CT molecular complexity index is 453. The van der Waals surface area contributed by atoms with E-state index in [-0.39, 0.29) is 24.5 Å². The lowest BCUT2D eigenvalue weighted by atomic mass is 10.0. The van der Waals surface area contributed by atoms with Crippen molar-refractivity contribution in [1.29, 1.82) is 0 Å². The molecule has 0 aliphatic heterocycles. The van der Waals surface area contributed by atoms with Crippen molar-refractivity contribution in [3.05, 3.63) is 17.0 Å². The molecule has 0 N–H and O–H groups in total. The Morgan fingerprint density at radius 2 is 1.89 bits per heavy atom. The van der Waals surface area contributed by atoms with E-state index in [1.54, 1.807) is 4.68 Å². The van der Waals surface area contributed by atoms with Gasteiger partial charge in [-0.25, -0.2) is 0 Å². The third kappa shape index (κ3) is 4.46. The second-order valence-corrected chi connectivity index (χ2v) is 6.34. The first-order valence-corrected chi connectivity index (χ1v) is 6.81. The number of ketones is 1. The molecule has 0 spiro atoms. The molecule has 4 heteroatoms. The molecule has 0 unspecified atom stereocenters. The summed E-state index contributed by atoms with van der Waals surface area (Å²) in [6.45, 7) is 14.6. The largest absolute Gasteiger partial charge is 0.368 e. The molecule has 4 nitrogen and oxygen atoms in total. The summed E-state index contributed by atoms with van der Waals surface area (Å²) >= 11 is 0. The fraction of sp³-hybridized carbons (Fsp3) is 0.733. The molecule has 1 aromatic heterocycles. The van der Waals surface area contributed by atoms with E-state index in [4.69, 9.17) is 4.74 Å². The van der Waals surface area contributed by atoms with Gasteiger partial charge in [0.1, 0.15) is 13.2 Å². The number of aromatic nitrogens is 2. The van der Waals surface area contributed by atoms with E-state index in [1.165, 1.54) is 5.56 Å². The molecule has 0 radical (unpaired) electrons. The Balaban J connectivity index is 2.73. The molecule has 0 aliphatic carbocycles. The average Bonchev–Trinajstić information content (AvgIpc) is 2.50. The number of rotatable bonds is 5. The highest BCUT2D eigenvalue weighted by Gasteiger charge is 2.17. The van der Waals surface area contributed by atoms with Gasteiger partial charge < -0.3 is 4.74 Å². The number of carbonyl (C=O) groups is 1. The predicted octanol–water partition coefficient (Wildman–Crippen LogP) is 3.01. The molecule has 0 fully saturated rings. The normalized spacial score (nSPS) is 12.2.